The topological polar surface area (TPSA) is 17.1 Å². The van der Waals surface area contributed by atoms with Crippen LogP contribution in [-0.4, -0.2) is 6.29 Å². The van der Waals surface area contributed by atoms with E-state index in [2.05, 4.69) is 34.0 Å². The van der Waals surface area contributed by atoms with Crippen LogP contribution < -0.4 is 0 Å². The van der Waals surface area contributed by atoms with Gasteiger partial charge in [-0.05, 0) is 24.2 Å². The molecule has 3 atom stereocenters. The molecular formula is C19H37O. The van der Waals surface area contributed by atoms with Crippen molar-refractivity contribution in [3.05, 3.63) is 0 Å². The summed E-state index contributed by atoms with van der Waals surface area (Å²) in [6.45, 7) is 11.4. The first-order valence-corrected chi connectivity index (χ1v) is 8.83. The van der Waals surface area contributed by atoms with Gasteiger partial charge in [-0.1, -0.05) is 86.0 Å². The van der Waals surface area contributed by atoms with Crippen LogP contribution in [0.2, 0.25) is 0 Å². The van der Waals surface area contributed by atoms with Crippen LogP contribution in [0.1, 0.15) is 92.4 Å². The van der Waals surface area contributed by atoms with Crippen LogP contribution in [0.15, 0.2) is 0 Å². The van der Waals surface area contributed by atoms with Crippen LogP contribution in [0.4, 0.5) is 0 Å². The number of rotatable bonds is 13. The molecular weight excluding hydrogens is 244 g/mol. The zero-order chi connectivity index (χ0) is 15.4. The molecule has 0 aromatic heterocycles. The number of hydrogen-bond donors (Lipinski definition) is 0. The summed E-state index contributed by atoms with van der Waals surface area (Å²) in [5, 5.41) is 0. The van der Waals surface area contributed by atoms with Crippen molar-refractivity contribution in [2.45, 2.75) is 92.4 Å². The van der Waals surface area contributed by atoms with Crippen molar-refractivity contribution in [1.82, 2.24) is 0 Å². The van der Waals surface area contributed by atoms with Gasteiger partial charge in [-0.25, -0.2) is 0 Å². The highest BCUT2D eigenvalue weighted by atomic mass is 16.1. The Kier molecular flexibility index (Phi) is 12.2. The lowest BCUT2D eigenvalue weighted by Crippen LogP contribution is -2.01. The lowest BCUT2D eigenvalue weighted by Gasteiger charge is -2.15. The van der Waals surface area contributed by atoms with E-state index in [1.807, 2.05) is 6.92 Å². The van der Waals surface area contributed by atoms with Crippen LogP contribution in [0.25, 0.3) is 0 Å². The van der Waals surface area contributed by atoms with Crippen molar-refractivity contribution >= 4 is 6.29 Å². The summed E-state index contributed by atoms with van der Waals surface area (Å²) in [5.41, 5.74) is 0. The molecule has 0 aliphatic heterocycles. The summed E-state index contributed by atoms with van der Waals surface area (Å²) in [6, 6.07) is 0. The molecule has 0 aliphatic carbocycles. The van der Waals surface area contributed by atoms with Gasteiger partial charge in [0.15, 0.2) is 0 Å². The van der Waals surface area contributed by atoms with Gasteiger partial charge in [0, 0.05) is 5.92 Å². The van der Waals surface area contributed by atoms with E-state index in [0.717, 1.165) is 24.2 Å². The molecule has 20 heavy (non-hydrogen) atoms. The number of hydrogen-bond acceptors (Lipinski definition) is 1. The molecule has 0 aliphatic rings. The third kappa shape index (κ3) is 12.7. The molecule has 0 bridgehead atoms. The van der Waals surface area contributed by atoms with Crippen LogP contribution in [0.3, 0.4) is 0 Å². The van der Waals surface area contributed by atoms with E-state index in [-0.39, 0.29) is 5.92 Å². The van der Waals surface area contributed by atoms with Gasteiger partial charge in [-0.2, -0.15) is 0 Å². The highest BCUT2D eigenvalue weighted by molar-refractivity contribution is 5.53. The predicted molar refractivity (Wildman–Crippen MR) is 89.6 cm³/mol. The molecule has 0 amide bonds. The minimum Gasteiger partial charge on any atom is -0.291 e. The van der Waals surface area contributed by atoms with Crippen molar-refractivity contribution in [3.8, 4) is 0 Å². The molecule has 0 heterocycles. The van der Waals surface area contributed by atoms with Crippen molar-refractivity contribution < 1.29 is 4.79 Å². The van der Waals surface area contributed by atoms with Gasteiger partial charge in [0.2, 0.25) is 6.29 Å². The van der Waals surface area contributed by atoms with Crippen molar-refractivity contribution in [2.75, 3.05) is 0 Å². The van der Waals surface area contributed by atoms with E-state index in [4.69, 9.17) is 0 Å². The molecule has 0 aromatic carbocycles. The fourth-order valence-corrected chi connectivity index (χ4v) is 2.81. The molecule has 0 N–H and O–H groups in total. The van der Waals surface area contributed by atoms with E-state index >= 15 is 0 Å². The average Bonchev–Trinajstić information content (AvgIpc) is 2.38. The Morgan fingerprint density at radius 2 is 1.05 bits per heavy atom. The minimum absolute atomic E-state index is 0.128. The molecule has 1 nitrogen and oxygen atoms in total. The summed E-state index contributed by atoms with van der Waals surface area (Å²) in [6.07, 6.45) is 13.8. The monoisotopic (exact) mass is 281 g/mol. The molecule has 0 rings (SSSR count). The number of carbonyl (C=O) groups excluding carboxylic acids is 1. The first-order chi connectivity index (χ1) is 9.45. The minimum atomic E-state index is 0.128. The zero-order valence-corrected chi connectivity index (χ0v) is 14.6. The molecule has 1 radical (unpaired) electrons. The maximum Gasteiger partial charge on any atom is 0.201 e. The summed E-state index contributed by atoms with van der Waals surface area (Å²) >= 11 is 0. The normalized spacial score (nSPS) is 16.1. The molecule has 119 valence electrons. The van der Waals surface area contributed by atoms with E-state index in [1.165, 1.54) is 51.4 Å². The fourth-order valence-electron chi connectivity index (χ4n) is 2.81. The zero-order valence-electron chi connectivity index (χ0n) is 14.6. The maximum absolute atomic E-state index is 10.4. The summed E-state index contributed by atoms with van der Waals surface area (Å²) in [4.78, 5) is 10.4. The van der Waals surface area contributed by atoms with Crippen LogP contribution >= 0.6 is 0 Å². The Hall–Kier alpha value is -0.330. The third-order valence-electron chi connectivity index (χ3n) is 4.41. The largest absolute Gasteiger partial charge is 0.291 e. The highest BCUT2D eigenvalue weighted by Gasteiger charge is 2.07. The van der Waals surface area contributed by atoms with Gasteiger partial charge in [-0.15, -0.1) is 0 Å². The van der Waals surface area contributed by atoms with E-state index < -0.39 is 0 Å². The first-order valence-electron chi connectivity index (χ1n) is 8.83. The SMILES string of the molecule is CC(C)CCCC(C)CCCC(C)CCCC(C)[C]=O. The highest BCUT2D eigenvalue weighted by Crippen LogP contribution is 2.21. The summed E-state index contributed by atoms with van der Waals surface area (Å²) in [5.74, 6) is 2.69. The van der Waals surface area contributed by atoms with Crippen LogP contribution in [0, 0.1) is 23.7 Å². The second kappa shape index (κ2) is 12.4. The molecule has 1 heteroatoms. The molecule has 0 spiro atoms. The molecule has 0 fully saturated rings. The van der Waals surface area contributed by atoms with Gasteiger partial charge in [0.05, 0.1) is 0 Å². The Morgan fingerprint density at radius 1 is 0.650 bits per heavy atom. The third-order valence-corrected chi connectivity index (χ3v) is 4.41. The summed E-state index contributed by atoms with van der Waals surface area (Å²) in [7, 11) is 0. The Labute approximate surface area is 127 Å². The van der Waals surface area contributed by atoms with Crippen LogP contribution in [0.5, 0.6) is 0 Å². The Morgan fingerprint density at radius 3 is 1.45 bits per heavy atom. The molecule has 0 saturated carbocycles. The standard InChI is InChI=1S/C19H37O/c1-16(2)9-6-10-17(3)11-7-12-18(4)13-8-14-19(5)15-20/h16-19H,6-14H2,1-5H3. The van der Waals surface area contributed by atoms with Gasteiger partial charge >= 0.3 is 0 Å². The quantitative estimate of drug-likeness (QED) is 0.394. The molecule has 3 unspecified atom stereocenters. The van der Waals surface area contributed by atoms with Crippen LogP contribution in [-0.2, 0) is 4.79 Å². The molecule has 0 saturated heterocycles. The lowest BCUT2D eigenvalue weighted by atomic mass is 9.91. The predicted octanol–water partition coefficient (Wildman–Crippen LogP) is 6.17. The van der Waals surface area contributed by atoms with Crippen molar-refractivity contribution in [1.29, 1.82) is 0 Å². The van der Waals surface area contributed by atoms with E-state index in [0.29, 0.717) is 0 Å². The molecule has 0 aromatic rings. The van der Waals surface area contributed by atoms with Crippen molar-refractivity contribution in [3.63, 3.8) is 0 Å². The van der Waals surface area contributed by atoms with Gasteiger partial charge in [-0.3, -0.25) is 4.79 Å². The van der Waals surface area contributed by atoms with Gasteiger partial charge < -0.3 is 0 Å². The summed E-state index contributed by atoms with van der Waals surface area (Å²) < 4.78 is 0. The van der Waals surface area contributed by atoms with E-state index in [1.54, 1.807) is 0 Å². The average molecular weight is 282 g/mol. The lowest BCUT2D eigenvalue weighted by molar-refractivity contribution is 0.383. The Balaban J connectivity index is 3.45. The second-order valence-electron chi connectivity index (χ2n) is 7.42. The maximum atomic E-state index is 10.4. The second-order valence-corrected chi connectivity index (χ2v) is 7.42. The smallest absolute Gasteiger partial charge is 0.201 e. The van der Waals surface area contributed by atoms with Crippen molar-refractivity contribution in [2.24, 2.45) is 23.7 Å². The van der Waals surface area contributed by atoms with Gasteiger partial charge in [0.25, 0.3) is 0 Å². The Bertz CT molecular complexity index is 222. The first kappa shape index (κ1) is 19.7. The van der Waals surface area contributed by atoms with Gasteiger partial charge in [0.1, 0.15) is 0 Å². The fraction of sp³-hybridized carbons (Fsp3) is 0.947. The van der Waals surface area contributed by atoms with E-state index in [9.17, 15) is 4.79 Å².